The van der Waals surface area contributed by atoms with E-state index >= 15 is 0 Å². The summed E-state index contributed by atoms with van der Waals surface area (Å²) in [5.41, 5.74) is 0.935. The summed E-state index contributed by atoms with van der Waals surface area (Å²) in [6.45, 7) is 0.290. The summed E-state index contributed by atoms with van der Waals surface area (Å²) in [5.74, 6) is -0.963. The van der Waals surface area contributed by atoms with Crippen molar-refractivity contribution in [1.29, 1.82) is 0 Å². The number of pyridine rings is 1. The van der Waals surface area contributed by atoms with E-state index in [9.17, 15) is 13.6 Å². The van der Waals surface area contributed by atoms with Crippen molar-refractivity contribution in [3.63, 3.8) is 0 Å². The van der Waals surface area contributed by atoms with Crippen LogP contribution in [0.1, 0.15) is 15.9 Å². The molecule has 2 rings (SSSR count). The summed E-state index contributed by atoms with van der Waals surface area (Å²) in [4.78, 5) is 17.6. The van der Waals surface area contributed by atoms with E-state index in [1.54, 1.807) is 26.2 Å². The second-order valence-electron chi connectivity index (χ2n) is 4.59. The third-order valence-electron chi connectivity index (χ3n) is 3.00. The molecule has 0 saturated heterocycles. The summed E-state index contributed by atoms with van der Waals surface area (Å²) < 4.78 is 26.1. The second kappa shape index (κ2) is 6.30. The van der Waals surface area contributed by atoms with E-state index in [4.69, 9.17) is 0 Å². The Morgan fingerprint density at radius 1 is 1.24 bits per heavy atom. The van der Waals surface area contributed by atoms with E-state index in [-0.39, 0.29) is 17.3 Å². The molecule has 0 spiro atoms. The van der Waals surface area contributed by atoms with Gasteiger partial charge in [-0.2, -0.15) is 0 Å². The number of carbonyl (C=O) groups excluding carboxylic acids is 1. The van der Waals surface area contributed by atoms with E-state index in [2.05, 4.69) is 10.3 Å². The van der Waals surface area contributed by atoms with Crippen LogP contribution in [0.4, 0.5) is 14.6 Å². The molecule has 110 valence electrons. The van der Waals surface area contributed by atoms with Gasteiger partial charge in [0.05, 0.1) is 11.8 Å². The third-order valence-corrected chi connectivity index (χ3v) is 3.00. The summed E-state index contributed by atoms with van der Waals surface area (Å²) in [5, 5.41) is 2.76. The summed E-state index contributed by atoms with van der Waals surface area (Å²) >= 11 is 0. The minimum Gasteiger partial charge on any atom is -0.372 e. The molecular weight excluding hydrogens is 276 g/mol. The van der Waals surface area contributed by atoms with Crippen LogP contribution in [0.5, 0.6) is 0 Å². The molecule has 0 unspecified atom stereocenters. The van der Waals surface area contributed by atoms with Gasteiger partial charge in [0, 0.05) is 20.6 Å². The molecule has 0 atom stereocenters. The van der Waals surface area contributed by atoms with Crippen molar-refractivity contribution in [1.82, 2.24) is 9.88 Å². The molecule has 0 radical (unpaired) electrons. The maximum atomic E-state index is 13.3. The zero-order valence-electron chi connectivity index (χ0n) is 11.7. The first-order valence-electron chi connectivity index (χ1n) is 6.34. The van der Waals surface area contributed by atoms with Gasteiger partial charge in [-0.05, 0) is 23.8 Å². The van der Waals surface area contributed by atoms with Gasteiger partial charge in [0.15, 0.2) is 0 Å². The predicted molar refractivity (Wildman–Crippen MR) is 75.9 cm³/mol. The molecule has 0 aliphatic rings. The van der Waals surface area contributed by atoms with E-state index in [0.717, 1.165) is 17.8 Å². The summed E-state index contributed by atoms with van der Waals surface area (Å²) in [6, 6.07) is 7.00. The van der Waals surface area contributed by atoms with E-state index < -0.39 is 5.82 Å². The molecule has 1 amide bonds. The van der Waals surface area contributed by atoms with Crippen LogP contribution in [0.25, 0.3) is 0 Å². The Balaban J connectivity index is 2.19. The number of hydrogen-bond acceptors (Lipinski definition) is 3. The average molecular weight is 291 g/mol. The number of nitrogens with zero attached hydrogens (tertiary/aromatic N) is 2. The Kier molecular flexibility index (Phi) is 4.47. The third kappa shape index (κ3) is 3.53. The van der Waals surface area contributed by atoms with Crippen molar-refractivity contribution in [2.24, 2.45) is 0 Å². The molecule has 0 bridgehead atoms. The van der Waals surface area contributed by atoms with Crippen LogP contribution in [0, 0.1) is 11.6 Å². The highest BCUT2D eigenvalue weighted by atomic mass is 19.1. The van der Waals surface area contributed by atoms with Crippen LogP contribution >= 0.6 is 0 Å². The minimum absolute atomic E-state index is 0.155. The molecule has 1 heterocycles. The van der Waals surface area contributed by atoms with Gasteiger partial charge >= 0.3 is 0 Å². The fourth-order valence-corrected chi connectivity index (χ4v) is 1.94. The lowest BCUT2D eigenvalue weighted by atomic mass is 10.2. The molecule has 21 heavy (non-hydrogen) atoms. The summed E-state index contributed by atoms with van der Waals surface area (Å²) in [7, 11) is 3.20. The standard InChI is InChI=1S/C15H15F2N3O/c1-18-14-13(7-12(17)8-19-14)15(21)20(2)9-10-3-5-11(16)6-4-10/h3-8H,9H2,1-2H3,(H,18,19). The van der Waals surface area contributed by atoms with Crippen molar-refractivity contribution < 1.29 is 13.6 Å². The molecule has 6 heteroatoms. The maximum absolute atomic E-state index is 13.3. The van der Waals surface area contributed by atoms with Gasteiger partial charge in [0.2, 0.25) is 0 Å². The van der Waals surface area contributed by atoms with Crippen LogP contribution < -0.4 is 5.32 Å². The first kappa shape index (κ1) is 14.9. The average Bonchev–Trinajstić information content (AvgIpc) is 2.48. The van der Waals surface area contributed by atoms with E-state index in [0.29, 0.717) is 12.4 Å². The fraction of sp³-hybridized carbons (Fsp3) is 0.200. The van der Waals surface area contributed by atoms with Crippen molar-refractivity contribution >= 4 is 11.7 Å². The van der Waals surface area contributed by atoms with Crippen molar-refractivity contribution in [3.8, 4) is 0 Å². The molecule has 1 aromatic carbocycles. The predicted octanol–water partition coefficient (Wildman–Crippen LogP) is 2.67. The first-order valence-corrected chi connectivity index (χ1v) is 6.34. The zero-order chi connectivity index (χ0) is 15.4. The van der Waals surface area contributed by atoms with Gasteiger partial charge in [-0.1, -0.05) is 12.1 Å². The lowest BCUT2D eigenvalue weighted by Crippen LogP contribution is -2.27. The first-order chi connectivity index (χ1) is 10.0. The van der Waals surface area contributed by atoms with Crippen molar-refractivity contribution in [3.05, 3.63) is 59.3 Å². The number of nitrogens with one attached hydrogen (secondary N) is 1. The molecule has 1 aromatic heterocycles. The minimum atomic E-state index is -0.576. The number of amides is 1. The Hall–Kier alpha value is -2.50. The largest absolute Gasteiger partial charge is 0.372 e. The number of halogens is 2. The molecule has 0 aliphatic carbocycles. The fourth-order valence-electron chi connectivity index (χ4n) is 1.94. The lowest BCUT2D eigenvalue weighted by Gasteiger charge is -2.18. The van der Waals surface area contributed by atoms with Crippen LogP contribution in [0.2, 0.25) is 0 Å². The van der Waals surface area contributed by atoms with Crippen LogP contribution in [-0.2, 0) is 6.54 Å². The number of benzene rings is 1. The SMILES string of the molecule is CNc1ncc(F)cc1C(=O)N(C)Cc1ccc(F)cc1. The number of carbonyl (C=O) groups is 1. The molecule has 4 nitrogen and oxygen atoms in total. The van der Waals surface area contributed by atoms with Crippen molar-refractivity contribution in [2.75, 3.05) is 19.4 Å². The van der Waals surface area contributed by atoms with Crippen LogP contribution in [0.15, 0.2) is 36.5 Å². The van der Waals surface area contributed by atoms with Crippen LogP contribution in [-0.4, -0.2) is 29.9 Å². The Labute approximate surface area is 121 Å². The highest BCUT2D eigenvalue weighted by Gasteiger charge is 2.17. The summed E-state index contributed by atoms with van der Waals surface area (Å²) in [6.07, 6.45) is 1.04. The highest BCUT2D eigenvalue weighted by Crippen LogP contribution is 2.16. The molecule has 0 fully saturated rings. The van der Waals surface area contributed by atoms with E-state index in [1.165, 1.54) is 17.0 Å². The second-order valence-corrected chi connectivity index (χ2v) is 4.59. The molecular formula is C15H15F2N3O. The Bertz CT molecular complexity index is 644. The maximum Gasteiger partial charge on any atom is 0.257 e. The normalized spacial score (nSPS) is 10.3. The highest BCUT2D eigenvalue weighted by molar-refractivity contribution is 5.98. The Morgan fingerprint density at radius 2 is 1.90 bits per heavy atom. The zero-order valence-corrected chi connectivity index (χ0v) is 11.7. The molecule has 1 N–H and O–H groups in total. The Morgan fingerprint density at radius 3 is 2.52 bits per heavy atom. The topological polar surface area (TPSA) is 45.2 Å². The van der Waals surface area contributed by atoms with Gasteiger partial charge < -0.3 is 10.2 Å². The van der Waals surface area contributed by atoms with Crippen molar-refractivity contribution in [2.45, 2.75) is 6.54 Å². The molecule has 0 aliphatic heterocycles. The smallest absolute Gasteiger partial charge is 0.257 e. The number of aromatic nitrogens is 1. The molecule has 0 saturated carbocycles. The van der Waals surface area contributed by atoms with Gasteiger partial charge in [-0.25, -0.2) is 13.8 Å². The quantitative estimate of drug-likeness (QED) is 0.942. The number of anilines is 1. The molecule has 2 aromatic rings. The lowest BCUT2D eigenvalue weighted by molar-refractivity contribution is 0.0785. The van der Waals surface area contributed by atoms with Crippen LogP contribution in [0.3, 0.4) is 0 Å². The van der Waals surface area contributed by atoms with E-state index in [1.807, 2.05) is 0 Å². The van der Waals surface area contributed by atoms with Gasteiger partial charge in [0.1, 0.15) is 17.5 Å². The van der Waals surface area contributed by atoms with Gasteiger partial charge in [0.25, 0.3) is 5.91 Å². The van der Waals surface area contributed by atoms with Gasteiger partial charge in [-0.3, -0.25) is 4.79 Å². The van der Waals surface area contributed by atoms with Gasteiger partial charge in [-0.15, -0.1) is 0 Å². The monoisotopic (exact) mass is 291 g/mol. The number of hydrogen-bond donors (Lipinski definition) is 1. The number of rotatable bonds is 4.